The normalized spacial score (nSPS) is 22.7. The van der Waals surface area contributed by atoms with Crippen molar-refractivity contribution in [2.45, 2.75) is 25.8 Å². The molecule has 4 heteroatoms. The first-order chi connectivity index (χ1) is 7.17. The van der Waals surface area contributed by atoms with Crippen LogP contribution in [-0.4, -0.2) is 62.0 Å². The standard InChI is InChI=1S/C11H23N3O/c1-4-13(3)11(15)9-14-7-5-6-10(8-14)12-2/h10,12H,4-9H2,1-3H3. The second-order valence-electron chi connectivity index (χ2n) is 4.27. The highest BCUT2D eigenvalue weighted by atomic mass is 16.2. The number of rotatable bonds is 4. The van der Waals surface area contributed by atoms with Gasteiger partial charge < -0.3 is 10.2 Å². The van der Waals surface area contributed by atoms with Crippen molar-refractivity contribution in [1.29, 1.82) is 0 Å². The summed E-state index contributed by atoms with van der Waals surface area (Å²) < 4.78 is 0. The van der Waals surface area contributed by atoms with E-state index in [-0.39, 0.29) is 5.91 Å². The Balaban J connectivity index is 2.34. The van der Waals surface area contributed by atoms with Crippen LogP contribution in [0.2, 0.25) is 0 Å². The van der Waals surface area contributed by atoms with Crippen LogP contribution in [0.3, 0.4) is 0 Å². The molecule has 1 atom stereocenters. The van der Waals surface area contributed by atoms with E-state index < -0.39 is 0 Å². The van der Waals surface area contributed by atoms with E-state index in [0.717, 1.165) is 19.6 Å². The van der Waals surface area contributed by atoms with Crippen LogP contribution in [0, 0.1) is 0 Å². The Hall–Kier alpha value is -0.610. The van der Waals surface area contributed by atoms with E-state index in [1.807, 2.05) is 21.0 Å². The minimum Gasteiger partial charge on any atom is -0.345 e. The van der Waals surface area contributed by atoms with Crippen LogP contribution in [0.1, 0.15) is 19.8 Å². The van der Waals surface area contributed by atoms with E-state index in [1.165, 1.54) is 12.8 Å². The maximum atomic E-state index is 11.7. The summed E-state index contributed by atoms with van der Waals surface area (Å²) in [5.74, 6) is 0.231. The third-order valence-electron chi connectivity index (χ3n) is 3.17. The number of hydrogen-bond acceptors (Lipinski definition) is 3. The quantitative estimate of drug-likeness (QED) is 0.722. The molecule has 1 heterocycles. The Morgan fingerprint density at radius 3 is 2.93 bits per heavy atom. The third-order valence-corrected chi connectivity index (χ3v) is 3.17. The lowest BCUT2D eigenvalue weighted by atomic mass is 10.1. The Morgan fingerprint density at radius 2 is 2.33 bits per heavy atom. The van der Waals surface area contributed by atoms with Gasteiger partial charge in [-0.1, -0.05) is 0 Å². The summed E-state index contributed by atoms with van der Waals surface area (Å²) in [6, 6.07) is 0.554. The molecule has 0 saturated carbocycles. The number of amides is 1. The van der Waals surface area contributed by atoms with Crippen LogP contribution in [-0.2, 0) is 4.79 Å². The summed E-state index contributed by atoms with van der Waals surface area (Å²) in [5, 5.41) is 3.28. The smallest absolute Gasteiger partial charge is 0.236 e. The largest absolute Gasteiger partial charge is 0.345 e. The van der Waals surface area contributed by atoms with Gasteiger partial charge in [0.2, 0.25) is 5.91 Å². The van der Waals surface area contributed by atoms with Gasteiger partial charge in [0.15, 0.2) is 0 Å². The molecule has 88 valence electrons. The molecule has 1 saturated heterocycles. The molecule has 0 spiro atoms. The summed E-state index contributed by atoms with van der Waals surface area (Å²) in [7, 11) is 3.86. The van der Waals surface area contributed by atoms with Crippen LogP contribution in [0.15, 0.2) is 0 Å². The van der Waals surface area contributed by atoms with Gasteiger partial charge in [-0.05, 0) is 33.4 Å². The Morgan fingerprint density at radius 1 is 1.60 bits per heavy atom. The highest BCUT2D eigenvalue weighted by Gasteiger charge is 2.20. The zero-order valence-electron chi connectivity index (χ0n) is 10.1. The molecule has 0 aromatic rings. The molecule has 4 nitrogen and oxygen atoms in total. The van der Waals surface area contributed by atoms with Crippen molar-refractivity contribution in [2.24, 2.45) is 0 Å². The first-order valence-corrected chi connectivity index (χ1v) is 5.81. The fourth-order valence-corrected chi connectivity index (χ4v) is 1.92. The van der Waals surface area contributed by atoms with E-state index >= 15 is 0 Å². The molecule has 1 amide bonds. The van der Waals surface area contributed by atoms with Gasteiger partial charge in [0.25, 0.3) is 0 Å². The summed E-state index contributed by atoms with van der Waals surface area (Å²) in [6.45, 7) is 5.43. The molecule has 1 unspecified atom stereocenters. The number of piperidine rings is 1. The third kappa shape index (κ3) is 3.80. The molecule has 1 rings (SSSR count). The number of hydrogen-bond donors (Lipinski definition) is 1. The van der Waals surface area contributed by atoms with E-state index in [4.69, 9.17) is 0 Å². The van der Waals surface area contributed by atoms with E-state index in [0.29, 0.717) is 12.6 Å². The van der Waals surface area contributed by atoms with Crippen LogP contribution in [0.4, 0.5) is 0 Å². The minimum atomic E-state index is 0.231. The van der Waals surface area contributed by atoms with Crippen molar-refractivity contribution in [1.82, 2.24) is 15.1 Å². The van der Waals surface area contributed by atoms with Gasteiger partial charge >= 0.3 is 0 Å². The van der Waals surface area contributed by atoms with Crippen LogP contribution in [0.5, 0.6) is 0 Å². The zero-order chi connectivity index (χ0) is 11.3. The molecule has 1 aliphatic heterocycles. The topological polar surface area (TPSA) is 35.6 Å². The number of nitrogens with zero attached hydrogens (tertiary/aromatic N) is 2. The molecule has 0 aromatic carbocycles. The average Bonchev–Trinajstić information content (AvgIpc) is 2.28. The summed E-state index contributed by atoms with van der Waals surface area (Å²) in [5.41, 5.74) is 0. The van der Waals surface area contributed by atoms with Crippen molar-refractivity contribution >= 4 is 5.91 Å². The molecule has 15 heavy (non-hydrogen) atoms. The maximum Gasteiger partial charge on any atom is 0.236 e. The van der Waals surface area contributed by atoms with Gasteiger partial charge in [-0.15, -0.1) is 0 Å². The monoisotopic (exact) mass is 213 g/mol. The number of likely N-dealkylation sites (N-methyl/N-ethyl adjacent to an activating group) is 2. The average molecular weight is 213 g/mol. The van der Waals surface area contributed by atoms with E-state index in [1.54, 1.807) is 4.90 Å². The molecule has 1 aliphatic rings. The van der Waals surface area contributed by atoms with E-state index in [2.05, 4.69) is 10.2 Å². The number of carbonyl (C=O) groups is 1. The lowest BCUT2D eigenvalue weighted by Gasteiger charge is -2.32. The number of nitrogens with one attached hydrogen (secondary N) is 1. The van der Waals surface area contributed by atoms with Crippen LogP contribution in [0.25, 0.3) is 0 Å². The molecule has 0 radical (unpaired) electrons. The summed E-state index contributed by atoms with van der Waals surface area (Å²) in [4.78, 5) is 15.7. The summed E-state index contributed by atoms with van der Waals surface area (Å²) in [6.07, 6.45) is 2.42. The van der Waals surface area contributed by atoms with Crippen molar-refractivity contribution in [3.63, 3.8) is 0 Å². The predicted molar refractivity (Wildman–Crippen MR) is 61.8 cm³/mol. The predicted octanol–water partition coefficient (Wildman–Crippen LogP) is 0.149. The maximum absolute atomic E-state index is 11.7. The molecule has 0 bridgehead atoms. The number of carbonyl (C=O) groups excluding carboxylic acids is 1. The molecule has 1 N–H and O–H groups in total. The lowest BCUT2D eigenvalue weighted by Crippen LogP contribution is -2.48. The van der Waals surface area contributed by atoms with Crippen molar-refractivity contribution in [2.75, 3.05) is 40.3 Å². The fourth-order valence-electron chi connectivity index (χ4n) is 1.92. The van der Waals surface area contributed by atoms with Crippen molar-refractivity contribution in [3.05, 3.63) is 0 Å². The Labute approximate surface area is 92.6 Å². The van der Waals surface area contributed by atoms with Gasteiger partial charge in [0, 0.05) is 26.2 Å². The molecule has 0 aromatic heterocycles. The SMILES string of the molecule is CCN(C)C(=O)CN1CCCC(NC)C1. The molecular formula is C11H23N3O. The minimum absolute atomic E-state index is 0.231. The first-order valence-electron chi connectivity index (χ1n) is 5.81. The second kappa shape index (κ2) is 6.08. The fraction of sp³-hybridized carbons (Fsp3) is 0.909. The van der Waals surface area contributed by atoms with Crippen LogP contribution < -0.4 is 5.32 Å². The molecule has 1 fully saturated rings. The molecule has 0 aliphatic carbocycles. The second-order valence-corrected chi connectivity index (χ2v) is 4.27. The van der Waals surface area contributed by atoms with Gasteiger partial charge in [-0.2, -0.15) is 0 Å². The zero-order valence-corrected chi connectivity index (χ0v) is 10.1. The van der Waals surface area contributed by atoms with Gasteiger partial charge in [-0.25, -0.2) is 0 Å². The van der Waals surface area contributed by atoms with Crippen molar-refractivity contribution < 1.29 is 4.79 Å². The summed E-state index contributed by atoms with van der Waals surface area (Å²) >= 11 is 0. The van der Waals surface area contributed by atoms with Gasteiger partial charge in [0.05, 0.1) is 6.54 Å². The first kappa shape index (κ1) is 12.5. The Bertz CT molecular complexity index is 208. The highest BCUT2D eigenvalue weighted by molar-refractivity contribution is 5.77. The highest BCUT2D eigenvalue weighted by Crippen LogP contribution is 2.09. The number of likely N-dealkylation sites (tertiary alicyclic amines) is 1. The van der Waals surface area contributed by atoms with Gasteiger partial charge in [0.1, 0.15) is 0 Å². The van der Waals surface area contributed by atoms with Gasteiger partial charge in [-0.3, -0.25) is 9.69 Å². The lowest BCUT2D eigenvalue weighted by molar-refractivity contribution is -0.131. The van der Waals surface area contributed by atoms with Crippen LogP contribution >= 0.6 is 0 Å². The van der Waals surface area contributed by atoms with Crippen molar-refractivity contribution in [3.8, 4) is 0 Å². The van der Waals surface area contributed by atoms with E-state index in [9.17, 15) is 4.79 Å². The molecular weight excluding hydrogens is 190 g/mol. The Kier molecular flexibility index (Phi) is 5.05.